The summed E-state index contributed by atoms with van der Waals surface area (Å²) in [5.41, 5.74) is 4.68. The number of rotatable bonds is 5. The molecule has 4 aromatic rings. The second-order valence-electron chi connectivity index (χ2n) is 12.5. The first-order chi connectivity index (χ1) is 23.2. The zero-order chi connectivity index (χ0) is 33.4. The molecule has 0 bridgehead atoms. The van der Waals surface area contributed by atoms with E-state index in [9.17, 15) is 24.3 Å². The van der Waals surface area contributed by atoms with E-state index in [1.807, 2.05) is 30.3 Å². The third-order valence-electron chi connectivity index (χ3n) is 10.0. The van der Waals surface area contributed by atoms with E-state index in [0.29, 0.717) is 45.0 Å². The Hall–Kier alpha value is -5.77. The number of phenolic OH excluding ortho intramolecular Hbond substituents is 1. The van der Waals surface area contributed by atoms with E-state index in [-0.39, 0.29) is 53.5 Å². The quantitative estimate of drug-likeness (QED) is 0.161. The highest BCUT2D eigenvalue weighted by Crippen LogP contribution is 2.58. The maximum atomic E-state index is 14.4. The minimum absolute atomic E-state index is 0.0943. The number of carbonyl (C=O) groups is 4. The number of Topliss-reactive ketones (excluding diaryl/α,β-unsaturated/α-hetero) is 1. The molecule has 48 heavy (non-hydrogen) atoms. The van der Waals surface area contributed by atoms with Crippen LogP contribution >= 0.6 is 0 Å². The number of hydrogen-bond donors (Lipinski definition) is 1. The molecule has 4 aliphatic rings. The molecule has 4 atom stereocenters. The van der Waals surface area contributed by atoms with Crippen LogP contribution in [0.25, 0.3) is 22.6 Å². The molecule has 8 rings (SSSR count). The average molecular weight is 643 g/mol. The van der Waals surface area contributed by atoms with Crippen molar-refractivity contribution in [3.63, 3.8) is 0 Å². The van der Waals surface area contributed by atoms with Crippen LogP contribution in [0.5, 0.6) is 17.2 Å². The topological polar surface area (TPSA) is 136 Å². The fourth-order valence-electron chi connectivity index (χ4n) is 7.91. The monoisotopic (exact) mass is 642 g/mol. The summed E-state index contributed by atoms with van der Waals surface area (Å²) in [4.78, 5) is 61.5. The van der Waals surface area contributed by atoms with Crippen molar-refractivity contribution in [2.45, 2.75) is 25.7 Å². The summed E-state index contributed by atoms with van der Waals surface area (Å²) in [5.74, 6) is -3.09. The van der Waals surface area contributed by atoms with Crippen LogP contribution in [0.1, 0.15) is 31.2 Å². The van der Waals surface area contributed by atoms with Gasteiger partial charge in [-0.25, -0.2) is 4.98 Å². The molecule has 1 aliphatic heterocycles. The average Bonchev–Trinajstić information content (AvgIpc) is 3.64. The number of methoxy groups -OCH3 is 2. The summed E-state index contributed by atoms with van der Waals surface area (Å²) in [6, 6.07) is 17.3. The van der Waals surface area contributed by atoms with Crippen LogP contribution in [0, 0.1) is 17.8 Å². The van der Waals surface area contributed by atoms with Gasteiger partial charge in [0.1, 0.15) is 22.8 Å². The van der Waals surface area contributed by atoms with Crippen LogP contribution in [0.3, 0.4) is 0 Å². The standard InChI is InChI=1S/C38H30N2O8/c1-18-14-27(42)25-17-24-22(32(33(25)35(18)43)34-29(46-2)15-21(41)16-30(34)47-3)12-13-23-31(24)38(45)40(37(23)44)20-10-8-19(9-11-20)36-39-26-6-4-5-7-28(26)48-36/h4-12,14-16,23-24,31-32,41H,13,17H2,1-3H3. The molecule has 1 fully saturated rings. The SMILES string of the molecule is COc1cc(O)cc(OC)c1C1C2=CCC3C(=O)N(c4ccc(-c5nc6ccccc6o5)cc4)C(=O)C3C2CC2=C1C(=O)C(C)=CC2=O. The van der Waals surface area contributed by atoms with E-state index in [1.165, 1.54) is 37.3 Å². The minimum Gasteiger partial charge on any atom is -0.508 e. The van der Waals surface area contributed by atoms with Crippen molar-refractivity contribution in [1.82, 2.24) is 4.98 Å². The number of aromatic nitrogens is 1. The first-order valence-corrected chi connectivity index (χ1v) is 15.7. The molecule has 10 nitrogen and oxygen atoms in total. The number of amides is 2. The van der Waals surface area contributed by atoms with Crippen molar-refractivity contribution in [2.75, 3.05) is 19.1 Å². The summed E-state index contributed by atoms with van der Waals surface area (Å²) in [6.45, 7) is 1.61. The molecular weight excluding hydrogens is 612 g/mol. The van der Waals surface area contributed by atoms with Crippen LogP contribution in [0.15, 0.2) is 99.5 Å². The number of aromatic hydroxyl groups is 1. The van der Waals surface area contributed by atoms with Gasteiger partial charge in [-0.2, -0.15) is 0 Å². The van der Waals surface area contributed by atoms with Gasteiger partial charge in [0.05, 0.1) is 31.7 Å². The highest BCUT2D eigenvalue weighted by atomic mass is 16.5. The zero-order valence-corrected chi connectivity index (χ0v) is 26.4. The molecule has 3 aromatic carbocycles. The van der Waals surface area contributed by atoms with Crippen molar-refractivity contribution >= 4 is 40.2 Å². The first kappa shape index (κ1) is 29.6. The lowest BCUT2D eigenvalue weighted by atomic mass is 9.59. The Bertz CT molecular complexity index is 2130. The molecule has 3 aliphatic carbocycles. The number of para-hydroxylation sites is 2. The van der Waals surface area contributed by atoms with Crippen molar-refractivity contribution in [2.24, 2.45) is 17.8 Å². The van der Waals surface area contributed by atoms with E-state index >= 15 is 0 Å². The van der Waals surface area contributed by atoms with Gasteiger partial charge in [-0.15, -0.1) is 0 Å². The first-order valence-electron chi connectivity index (χ1n) is 15.7. The molecule has 4 unspecified atom stereocenters. The Labute approximate surface area is 275 Å². The van der Waals surface area contributed by atoms with Gasteiger partial charge in [-0.3, -0.25) is 24.1 Å². The van der Waals surface area contributed by atoms with Gasteiger partial charge < -0.3 is 19.0 Å². The Morgan fingerprint density at radius 3 is 2.31 bits per heavy atom. The molecule has 0 radical (unpaired) electrons. The summed E-state index contributed by atoms with van der Waals surface area (Å²) in [7, 11) is 2.90. The van der Waals surface area contributed by atoms with Crippen molar-refractivity contribution in [1.29, 1.82) is 0 Å². The number of fused-ring (bicyclic) bond motifs is 4. The van der Waals surface area contributed by atoms with Gasteiger partial charge in [0.25, 0.3) is 0 Å². The lowest BCUT2D eigenvalue weighted by Crippen LogP contribution is -2.40. The van der Waals surface area contributed by atoms with Gasteiger partial charge in [0.15, 0.2) is 17.1 Å². The number of nitrogens with zero attached hydrogens (tertiary/aromatic N) is 2. The van der Waals surface area contributed by atoms with Gasteiger partial charge in [-0.1, -0.05) is 23.8 Å². The highest BCUT2D eigenvalue weighted by Gasteiger charge is 2.57. The van der Waals surface area contributed by atoms with E-state index in [4.69, 9.17) is 13.9 Å². The maximum Gasteiger partial charge on any atom is 0.238 e. The van der Waals surface area contributed by atoms with Crippen LogP contribution in [-0.2, 0) is 19.2 Å². The van der Waals surface area contributed by atoms with Crippen LogP contribution < -0.4 is 14.4 Å². The number of hydrogen-bond acceptors (Lipinski definition) is 9. The molecule has 240 valence electrons. The Morgan fingerprint density at radius 1 is 0.917 bits per heavy atom. The smallest absolute Gasteiger partial charge is 0.238 e. The van der Waals surface area contributed by atoms with Crippen LogP contribution in [-0.4, -0.2) is 47.7 Å². The van der Waals surface area contributed by atoms with E-state index in [1.54, 1.807) is 31.2 Å². The Morgan fingerprint density at radius 2 is 1.62 bits per heavy atom. The van der Waals surface area contributed by atoms with Crippen molar-refractivity contribution in [3.8, 4) is 28.7 Å². The molecule has 0 saturated carbocycles. The number of oxazole rings is 1. The van der Waals surface area contributed by atoms with E-state index in [0.717, 1.165) is 11.1 Å². The predicted octanol–water partition coefficient (Wildman–Crippen LogP) is 5.85. The summed E-state index contributed by atoms with van der Waals surface area (Å²) in [5, 5.41) is 10.4. The predicted molar refractivity (Wildman–Crippen MR) is 174 cm³/mol. The van der Waals surface area contributed by atoms with Crippen LogP contribution in [0.2, 0.25) is 0 Å². The molecule has 2 amide bonds. The van der Waals surface area contributed by atoms with Gasteiger partial charge in [0, 0.05) is 45.9 Å². The van der Waals surface area contributed by atoms with Gasteiger partial charge in [0.2, 0.25) is 17.7 Å². The van der Waals surface area contributed by atoms with E-state index < -0.39 is 23.7 Å². The highest BCUT2D eigenvalue weighted by molar-refractivity contribution is 6.25. The normalized spacial score (nSPS) is 23.5. The molecule has 0 spiro atoms. The molecule has 10 heteroatoms. The number of anilines is 1. The number of allylic oxidation sites excluding steroid dienone is 6. The molecule has 1 aromatic heterocycles. The summed E-state index contributed by atoms with van der Waals surface area (Å²) >= 11 is 0. The Balaban J connectivity index is 1.20. The number of phenols is 1. The van der Waals surface area contributed by atoms with Gasteiger partial charge >= 0.3 is 0 Å². The summed E-state index contributed by atoms with van der Waals surface area (Å²) < 4.78 is 17.3. The summed E-state index contributed by atoms with van der Waals surface area (Å²) in [6.07, 6.45) is 3.68. The molecular formula is C38H30N2O8. The second kappa shape index (κ2) is 10.9. The van der Waals surface area contributed by atoms with Crippen LogP contribution in [0.4, 0.5) is 5.69 Å². The second-order valence-corrected chi connectivity index (χ2v) is 12.5. The number of imide groups is 1. The molecule has 1 N–H and O–H groups in total. The minimum atomic E-state index is -0.794. The van der Waals surface area contributed by atoms with Gasteiger partial charge in [-0.05, 0) is 68.2 Å². The number of ketones is 2. The number of benzene rings is 3. The lowest BCUT2D eigenvalue weighted by Gasteiger charge is -2.42. The van der Waals surface area contributed by atoms with E-state index in [2.05, 4.69) is 4.98 Å². The maximum absolute atomic E-state index is 14.4. The van der Waals surface area contributed by atoms with Crippen molar-refractivity contribution < 1.29 is 38.2 Å². The lowest BCUT2D eigenvalue weighted by molar-refractivity contribution is -0.123. The fourth-order valence-corrected chi connectivity index (χ4v) is 7.91. The largest absolute Gasteiger partial charge is 0.508 e. The Kier molecular flexibility index (Phi) is 6.73. The number of carbonyl (C=O) groups excluding carboxylic acids is 4. The third-order valence-corrected chi connectivity index (χ3v) is 10.0. The molecule has 1 saturated heterocycles. The number of ether oxygens (including phenoxy) is 2. The third kappa shape index (κ3) is 4.28. The van der Waals surface area contributed by atoms with Crippen molar-refractivity contribution in [3.05, 3.63) is 101 Å². The fraction of sp³-hybridized carbons (Fsp3) is 0.237. The zero-order valence-electron chi connectivity index (χ0n) is 26.4. The molecule has 2 heterocycles.